The molecule has 2 aliphatic carbocycles. The van der Waals surface area contributed by atoms with Crippen molar-refractivity contribution in [3.8, 4) is 0 Å². The van der Waals surface area contributed by atoms with Crippen LogP contribution in [0.3, 0.4) is 0 Å². The van der Waals surface area contributed by atoms with Crippen LogP contribution in [0.25, 0.3) is 0 Å². The van der Waals surface area contributed by atoms with Crippen LogP contribution in [0.5, 0.6) is 0 Å². The van der Waals surface area contributed by atoms with Gasteiger partial charge in [0, 0.05) is 6.04 Å². The van der Waals surface area contributed by atoms with E-state index in [0.29, 0.717) is 0 Å². The molecule has 0 radical (unpaired) electrons. The molecule has 1 saturated carbocycles. The molecule has 15 heavy (non-hydrogen) atoms. The Hall–Kier alpha value is -0.810. The maximum Gasteiger partial charge on any atom is 0.414 e. The van der Waals surface area contributed by atoms with Gasteiger partial charge in [-0.1, -0.05) is 18.2 Å². The average molecular weight is 218 g/mol. The molecule has 5 heteroatoms. The molecule has 4 N–H and O–H groups in total. The largest absolute Gasteiger partial charge is 0.414 e. The lowest BCUT2D eigenvalue weighted by Gasteiger charge is -2.39. The van der Waals surface area contributed by atoms with Crippen molar-refractivity contribution in [2.45, 2.75) is 30.6 Å². The predicted octanol–water partition coefficient (Wildman–Crippen LogP) is 1.48. The second kappa shape index (κ2) is 3.09. The summed E-state index contributed by atoms with van der Waals surface area (Å²) >= 11 is 0. The number of hydrogen-bond acceptors (Lipinski definition) is 2. The molecule has 0 heterocycles. The highest BCUT2D eigenvalue weighted by molar-refractivity contribution is 5.40. The van der Waals surface area contributed by atoms with Gasteiger partial charge >= 0.3 is 6.18 Å². The molecule has 0 spiro atoms. The van der Waals surface area contributed by atoms with E-state index in [2.05, 4.69) is 0 Å². The Morgan fingerprint density at radius 2 is 1.93 bits per heavy atom. The standard InChI is InChI=1S/C10H13F3N2/c11-10(12,13)7-2-1-3-8(14)9(7,15)6-4-5-6/h1-3,6,8H,4-5,14-15H2. The minimum atomic E-state index is -4.39. The van der Waals surface area contributed by atoms with Crippen LogP contribution in [-0.4, -0.2) is 17.8 Å². The molecule has 2 unspecified atom stereocenters. The molecule has 0 bridgehead atoms. The van der Waals surface area contributed by atoms with Crippen LogP contribution in [-0.2, 0) is 0 Å². The van der Waals surface area contributed by atoms with Crippen molar-refractivity contribution in [3.63, 3.8) is 0 Å². The van der Waals surface area contributed by atoms with Gasteiger partial charge in [0.05, 0.1) is 11.1 Å². The lowest BCUT2D eigenvalue weighted by atomic mass is 9.76. The second-order valence-corrected chi connectivity index (χ2v) is 4.20. The van der Waals surface area contributed by atoms with Gasteiger partial charge in [-0.15, -0.1) is 0 Å². The fourth-order valence-corrected chi connectivity index (χ4v) is 2.15. The van der Waals surface area contributed by atoms with Gasteiger partial charge in [-0.3, -0.25) is 0 Å². The summed E-state index contributed by atoms with van der Waals surface area (Å²) in [4.78, 5) is 0. The van der Waals surface area contributed by atoms with Crippen LogP contribution in [0.4, 0.5) is 13.2 Å². The molecule has 2 aliphatic rings. The third-order valence-electron chi connectivity index (χ3n) is 3.16. The van der Waals surface area contributed by atoms with E-state index >= 15 is 0 Å². The van der Waals surface area contributed by atoms with Gasteiger partial charge in [0.25, 0.3) is 0 Å². The van der Waals surface area contributed by atoms with Crippen molar-refractivity contribution in [1.82, 2.24) is 0 Å². The second-order valence-electron chi connectivity index (χ2n) is 4.20. The molecule has 2 atom stereocenters. The Balaban J connectivity index is 2.41. The van der Waals surface area contributed by atoms with Crippen LogP contribution in [0.1, 0.15) is 12.8 Å². The van der Waals surface area contributed by atoms with E-state index in [1.165, 1.54) is 12.2 Å². The van der Waals surface area contributed by atoms with Gasteiger partial charge < -0.3 is 11.5 Å². The van der Waals surface area contributed by atoms with Crippen molar-refractivity contribution >= 4 is 0 Å². The van der Waals surface area contributed by atoms with Gasteiger partial charge in [-0.25, -0.2) is 0 Å². The van der Waals surface area contributed by atoms with Gasteiger partial charge in [-0.2, -0.15) is 13.2 Å². The molecule has 1 fully saturated rings. The Labute approximate surface area is 85.8 Å². The molecular weight excluding hydrogens is 205 g/mol. The Morgan fingerprint density at radius 1 is 1.33 bits per heavy atom. The molecule has 0 amide bonds. The van der Waals surface area contributed by atoms with E-state index < -0.39 is 23.3 Å². The van der Waals surface area contributed by atoms with E-state index in [9.17, 15) is 13.2 Å². The van der Waals surface area contributed by atoms with Crippen molar-refractivity contribution in [2.75, 3.05) is 0 Å². The molecule has 0 aliphatic heterocycles. The third kappa shape index (κ3) is 1.59. The maximum absolute atomic E-state index is 12.8. The van der Waals surface area contributed by atoms with Crippen molar-refractivity contribution in [1.29, 1.82) is 0 Å². The van der Waals surface area contributed by atoms with E-state index in [0.717, 1.165) is 18.9 Å². The predicted molar refractivity (Wildman–Crippen MR) is 50.9 cm³/mol. The van der Waals surface area contributed by atoms with E-state index in [1.54, 1.807) is 0 Å². The van der Waals surface area contributed by atoms with Crippen LogP contribution in [0.15, 0.2) is 23.8 Å². The van der Waals surface area contributed by atoms with Crippen LogP contribution >= 0.6 is 0 Å². The number of rotatable bonds is 1. The van der Waals surface area contributed by atoms with Crippen LogP contribution in [0, 0.1) is 5.92 Å². The quantitative estimate of drug-likeness (QED) is 0.700. The van der Waals surface area contributed by atoms with Gasteiger partial charge in [-0.05, 0) is 18.8 Å². The Kier molecular flexibility index (Phi) is 2.20. The highest BCUT2D eigenvalue weighted by Crippen LogP contribution is 2.49. The first-order valence-electron chi connectivity index (χ1n) is 4.87. The first-order chi connectivity index (χ1) is 6.87. The fraction of sp³-hybridized carbons (Fsp3) is 0.600. The number of alkyl halides is 3. The monoisotopic (exact) mass is 218 g/mol. The summed E-state index contributed by atoms with van der Waals surface area (Å²) in [5, 5.41) is 0. The van der Waals surface area contributed by atoms with Gasteiger partial charge in [0.1, 0.15) is 0 Å². The molecule has 0 aromatic carbocycles. The molecular formula is C10H13F3N2. The number of nitrogens with two attached hydrogens (primary N) is 2. The average Bonchev–Trinajstić information content (AvgIpc) is 2.90. The zero-order valence-electron chi connectivity index (χ0n) is 8.09. The molecule has 0 aromatic rings. The fourth-order valence-electron chi connectivity index (χ4n) is 2.15. The van der Waals surface area contributed by atoms with Gasteiger partial charge in [0.15, 0.2) is 0 Å². The number of hydrogen-bond donors (Lipinski definition) is 2. The van der Waals surface area contributed by atoms with Gasteiger partial charge in [0.2, 0.25) is 0 Å². The molecule has 0 aromatic heterocycles. The molecule has 84 valence electrons. The summed E-state index contributed by atoms with van der Waals surface area (Å²) in [7, 11) is 0. The first kappa shape index (κ1) is 10.7. The first-order valence-corrected chi connectivity index (χ1v) is 4.87. The summed E-state index contributed by atoms with van der Waals surface area (Å²) in [6.07, 6.45) is 0.979. The Morgan fingerprint density at radius 3 is 2.40 bits per heavy atom. The van der Waals surface area contributed by atoms with Crippen LogP contribution in [0.2, 0.25) is 0 Å². The normalized spacial score (nSPS) is 36.6. The summed E-state index contributed by atoms with van der Waals surface area (Å²) < 4.78 is 38.3. The number of allylic oxidation sites excluding steroid dienone is 2. The zero-order valence-corrected chi connectivity index (χ0v) is 8.09. The van der Waals surface area contributed by atoms with Crippen molar-refractivity contribution in [2.24, 2.45) is 17.4 Å². The highest BCUT2D eigenvalue weighted by Gasteiger charge is 2.56. The SMILES string of the molecule is NC1C=CC=C(C(F)(F)F)C1(N)C1CC1. The van der Waals surface area contributed by atoms with Crippen LogP contribution < -0.4 is 11.5 Å². The molecule has 0 saturated heterocycles. The zero-order chi connectivity index (χ0) is 11.3. The summed E-state index contributed by atoms with van der Waals surface area (Å²) in [6.45, 7) is 0. The van der Waals surface area contributed by atoms with E-state index in [1.807, 2.05) is 0 Å². The number of halogens is 3. The molecule has 2 nitrogen and oxygen atoms in total. The summed E-state index contributed by atoms with van der Waals surface area (Å²) in [6, 6.07) is -0.744. The minimum Gasteiger partial charge on any atom is -0.323 e. The Bertz CT molecular complexity index is 328. The summed E-state index contributed by atoms with van der Waals surface area (Å²) in [5.41, 5.74) is 9.45. The lowest BCUT2D eigenvalue weighted by Crippen LogP contribution is -2.61. The smallest absolute Gasteiger partial charge is 0.323 e. The van der Waals surface area contributed by atoms with Crippen molar-refractivity contribution in [3.05, 3.63) is 23.8 Å². The van der Waals surface area contributed by atoms with Crippen molar-refractivity contribution < 1.29 is 13.2 Å². The maximum atomic E-state index is 12.8. The topological polar surface area (TPSA) is 52.0 Å². The molecule has 2 rings (SSSR count). The van der Waals surface area contributed by atoms with E-state index in [-0.39, 0.29) is 5.92 Å². The lowest BCUT2D eigenvalue weighted by molar-refractivity contribution is -0.103. The minimum absolute atomic E-state index is 0.134. The van der Waals surface area contributed by atoms with E-state index in [4.69, 9.17) is 11.5 Å². The third-order valence-corrected chi connectivity index (χ3v) is 3.16. The summed E-state index contributed by atoms with van der Waals surface area (Å²) in [5.74, 6) is -0.134. The highest BCUT2D eigenvalue weighted by atomic mass is 19.4.